The third-order valence-corrected chi connectivity index (χ3v) is 4.61. The van der Waals surface area contributed by atoms with Crippen LogP contribution in [0.4, 0.5) is 17.6 Å². The van der Waals surface area contributed by atoms with Crippen LogP contribution < -0.4 is 5.32 Å². The second kappa shape index (κ2) is 6.74. The summed E-state index contributed by atoms with van der Waals surface area (Å²) >= 11 is 0. The number of benzene rings is 1. The van der Waals surface area contributed by atoms with Gasteiger partial charge in [0, 0.05) is 12.1 Å². The van der Waals surface area contributed by atoms with Crippen molar-refractivity contribution < 1.29 is 26.9 Å². The first-order valence-corrected chi connectivity index (χ1v) is 7.95. The molecular formula is C17H22BF4NO2. The van der Waals surface area contributed by atoms with Crippen LogP contribution in [-0.4, -0.2) is 31.9 Å². The molecule has 8 heteroatoms. The van der Waals surface area contributed by atoms with E-state index in [9.17, 15) is 17.6 Å². The van der Waals surface area contributed by atoms with Gasteiger partial charge in [0.2, 0.25) is 0 Å². The van der Waals surface area contributed by atoms with Crippen molar-refractivity contribution in [1.29, 1.82) is 0 Å². The molecule has 1 saturated heterocycles. The molecule has 0 radical (unpaired) electrons. The summed E-state index contributed by atoms with van der Waals surface area (Å²) < 4.78 is 64.0. The van der Waals surface area contributed by atoms with Gasteiger partial charge in [-0.1, -0.05) is 12.1 Å². The summed E-state index contributed by atoms with van der Waals surface area (Å²) in [5.74, 6) is -0.944. The van der Waals surface area contributed by atoms with Crippen molar-refractivity contribution in [3.63, 3.8) is 0 Å². The zero-order chi connectivity index (χ0) is 19.0. The van der Waals surface area contributed by atoms with Gasteiger partial charge in [-0.3, -0.25) is 0 Å². The van der Waals surface area contributed by atoms with Gasteiger partial charge < -0.3 is 14.6 Å². The fraction of sp³-hybridized carbons (Fsp3) is 0.529. The Balaban J connectivity index is 2.35. The van der Waals surface area contributed by atoms with Crippen LogP contribution >= 0.6 is 0 Å². The van der Waals surface area contributed by atoms with Gasteiger partial charge in [0.05, 0.1) is 16.8 Å². The van der Waals surface area contributed by atoms with E-state index < -0.39 is 35.9 Å². The molecule has 0 spiro atoms. The lowest BCUT2D eigenvalue weighted by Crippen LogP contribution is -2.41. The SMILES string of the molecule is CNCC(=Cc1ccc(C(F)(F)F)cc1F)B1OC(C)(C)C(C)(C)O1. The Kier molecular flexibility index (Phi) is 5.38. The van der Waals surface area contributed by atoms with E-state index in [-0.39, 0.29) is 5.56 Å². The second-order valence-electron chi connectivity index (χ2n) is 7.07. The molecule has 1 N–H and O–H groups in total. The summed E-state index contributed by atoms with van der Waals surface area (Å²) in [5, 5.41) is 2.94. The Morgan fingerprint density at radius 3 is 2.16 bits per heavy atom. The van der Waals surface area contributed by atoms with Crippen molar-refractivity contribution >= 4 is 13.2 Å². The van der Waals surface area contributed by atoms with E-state index in [1.807, 2.05) is 27.7 Å². The minimum atomic E-state index is -4.58. The largest absolute Gasteiger partial charge is 0.491 e. The van der Waals surface area contributed by atoms with Crippen LogP contribution in [0.3, 0.4) is 0 Å². The number of alkyl halides is 3. The summed E-state index contributed by atoms with van der Waals surface area (Å²) in [4.78, 5) is 0. The average molecular weight is 359 g/mol. The van der Waals surface area contributed by atoms with Crippen LogP contribution in [0.25, 0.3) is 6.08 Å². The molecule has 0 amide bonds. The summed E-state index contributed by atoms with van der Waals surface area (Å²) in [6.45, 7) is 7.91. The summed E-state index contributed by atoms with van der Waals surface area (Å²) in [7, 11) is 1.00. The maximum absolute atomic E-state index is 14.1. The summed E-state index contributed by atoms with van der Waals surface area (Å²) in [5.41, 5.74) is -1.51. The molecule has 1 aliphatic heterocycles. The topological polar surface area (TPSA) is 30.5 Å². The number of likely N-dealkylation sites (N-methyl/N-ethyl adjacent to an activating group) is 1. The molecule has 1 fully saturated rings. The van der Waals surface area contributed by atoms with Gasteiger partial charge >= 0.3 is 13.3 Å². The van der Waals surface area contributed by atoms with Crippen molar-refractivity contribution in [3.05, 3.63) is 40.6 Å². The normalized spacial score (nSPS) is 20.2. The molecule has 0 bridgehead atoms. The molecule has 2 rings (SSSR count). The molecule has 3 nitrogen and oxygen atoms in total. The summed E-state index contributed by atoms with van der Waals surface area (Å²) in [6.07, 6.45) is -3.11. The average Bonchev–Trinajstić information content (AvgIpc) is 2.67. The van der Waals surface area contributed by atoms with Gasteiger partial charge in [0.1, 0.15) is 5.82 Å². The van der Waals surface area contributed by atoms with Crippen LogP contribution in [0.2, 0.25) is 0 Å². The Bertz CT molecular complexity index is 655. The van der Waals surface area contributed by atoms with Crippen LogP contribution in [0.15, 0.2) is 23.7 Å². The Morgan fingerprint density at radius 2 is 1.72 bits per heavy atom. The fourth-order valence-corrected chi connectivity index (χ4v) is 2.42. The van der Waals surface area contributed by atoms with Crippen molar-refractivity contribution in [2.75, 3.05) is 13.6 Å². The zero-order valence-electron chi connectivity index (χ0n) is 14.9. The third-order valence-electron chi connectivity index (χ3n) is 4.61. The molecule has 1 aromatic rings. The molecule has 138 valence electrons. The summed E-state index contributed by atoms with van der Waals surface area (Å²) in [6, 6.07) is 2.46. The second-order valence-corrected chi connectivity index (χ2v) is 7.07. The van der Waals surface area contributed by atoms with E-state index in [2.05, 4.69) is 5.32 Å². The number of nitrogens with one attached hydrogen (secondary N) is 1. The van der Waals surface area contributed by atoms with Crippen LogP contribution in [-0.2, 0) is 15.5 Å². The van der Waals surface area contributed by atoms with Crippen molar-refractivity contribution in [1.82, 2.24) is 5.32 Å². The minimum Gasteiger partial charge on any atom is -0.400 e. The van der Waals surface area contributed by atoms with Gasteiger partial charge in [-0.05, 0) is 52.3 Å². The lowest BCUT2D eigenvalue weighted by molar-refractivity contribution is -0.137. The lowest BCUT2D eigenvalue weighted by atomic mass is 9.77. The van der Waals surface area contributed by atoms with Gasteiger partial charge in [-0.15, -0.1) is 0 Å². The molecule has 25 heavy (non-hydrogen) atoms. The van der Waals surface area contributed by atoms with Crippen LogP contribution in [0, 0.1) is 5.82 Å². The molecule has 0 unspecified atom stereocenters. The predicted molar refractivity (Wildman–Crippen MR) is 89.4 cm³/mol. The monoisotopic (exact) mass is 359 g/mol. The van der Waals surface area contributed by atoms with E-state index in [4.69, 9.17) is 9.31 Å². The maximum atomic E-state index is 14.1. The third kappa shape index (κ3) is 4.24. The standard InChI is InChI=1S/C17H22BF4NO2/c1-15(2)16(3,4)25-18(24-15)13(10-23-5)8-11-6-7-12(9-14(11)19)17(20,21)22/h6-9,23H,10H2,1-5H3. The molecule has 1 heterocycles. The minimum absolute atomic E-state index is 0.0490. The van der Waals surface area contributed by atoms with Gasteiger partial charge in [-0.25, -0.2) is 4.39 Å². The van der Waals surface area contributed by atoms with E-state index in [0.717, 1.165) is 12.1 Å². The molecule has 1 aliphatic rings. The highest BCUT2D eigenvalue weighted by atomic mass is 19.4. The predicted octanol–water partition coefficient (Wildman–Crippen LogP) is 4.08. The van der Waals surface area contributed by atoms with Crippen LogP contribution in [0.1, 0.15) is 38.8 Å². The number of hydrogen-bond donors (Lipinski definition) is 1. The van der Waals surface area contributed by atoms with E-state index in [0.29, 0.717) is 18.1 Å². The first kappa shape index (κ1) is 19.9. The molecular weight excluding hydrogens is 337 g/mol. The van der Waals surface area contributed by atoms with Gasteiger partial charge in [0.15, 0.2) is 0 Å². The Labute approximate surface area is 145 Å². The quantitative estimate of drug-likeness (QED) is 0.649. The molecule has 0 aliphatic carbocycles. The molecule has 1 aromatic carbocycles. The van der Waals surface area contributed by atoms with E-state index >= 15 is 0 Å². The number of hydrogen-bond acceptors (Lipinski definition) is 3. The molecule has 0 aromatic heterocycles. The zero-order valence-corrected chi connectivity index (χ0v) is 14.9. The smallest absolute Gasteiger partial charge is 0.400 e. The molecule has 0 atom stereocenters. The molecule has 0 saturated carbocycles. The maximum Gasteiger partial charge on any atom is 0.491 e. The Hall–Kier alpha value is -1.38. The Morgan fingerprint density at radius 1 is 1.16 bits per heavy atom. The van der Waals surface area contributed by atoms with Crippen molar-refractivity contribution in [2.45, 2.75) is 45.1 Å². The van der Waals surface area contributed by atoms with Crippen molar-refractivity contribution in [2.24, 2.45) is 0 Å². The van der Waals surface area contributed by atoms with Gasteiger partial charge in [-0.2, -0.15) is 13.2 Å². The van der Waals surface area contributed by atoms with Crippen LogP contribution in [0.5, 0.6) is 0 Å². The highest BCUT2D eigenvalue weighted by molar-refractivity contribution is 6.55. The van der Waals surface area contributed by atoms with E-state index in [1.54, 1.807) is 7.05 Å². The highest BCUT2D eigenvalue weighted by Crippen LogP contribution is 2.39. The lowest BCUT2D eigenvalue weighted by Gasteiger charge is -2.32. The number of halogens is 4. The van der Waals surface area contributed by atoms with Crippen molar-refractivity contribution in [3.8, 4) is 0 Å². The number of rotatable bonds is 4. The van der Waals surface area contributed by atoms with E-state index in [1.165, 1.54) is 6.08 Å². The van der Waals surface area contributed by atoms with Gasteiger partial charge in [0.25, 0.3) is 0 Å². The first-order valence-electron chi connectivity index (χ1n) is 7.95. The highest BCUT2D eigenvalue weighted by Gasteiger charge is 2.52. The first-order chi connectivity index (χ1) is 11.4. The fourth-order valence-electron chi connectivity index (χ4n) is 2.42.